The monoisotopic (exact) mass is 480 g/mol. The van der Waals surface area contributed by atoms with Crippen molar-refractivity contribution in [2.24, 2.45) is 0 Å². The van der Waals surface area contributed by atoms with E-state index in [-0.39, 0.29) is 17.9 Å². The third-order valence-corrected chi connectivity index (χ3v) is 5.90. The Kier molecular flexibility index (Phi) is 7.67. The van der Waals surface area contributed by atoms with Crippen molar-refractivity contribution >= 4 is 11.6 Å². The van der Waals surface area contributed by atoms with Crippen LogP contribution in [0.3, 0.4) is 0 Å². The molecule has 1 atom stereocenters. The minimum absolute atomic E-state index is 0.0354. The summed E-state index contributed by atoms with van der Waals surface area (Å²) >= 11 is 0. The zero-order valence-corrected chi connectivity index (χ0v) is 19.4. The van der Waals surface area contributed by atoms with Crippen LogP contribution in [0.2, 0.25) is 0 Å². The first-order valence-corrected chi connectivity index (χ1v) is 11.9. The van der Waals surface area contributed by atoms with Gasteiger partial charge in [-0.1, -0.05) is 0 Å². The number of nitrogens with one attached hydrogen (secondary N) is 2. The van der Waals surface area contributed by atoms with Crippen molar-refractivity contribution in [1.82, 2.24) is 15.3 Å². The molecule has 2 aromatic carbocycles. The molecule has 8 nitrogen and oxygen atoms in total. The predicted octanol–water partition coefficient (Wildman–Crippen LogP) is 3.95. The fourth-order valence-electron chi connectivity index (χ4n) is 4.01. The SMILES string of the molecule is Fc1ccc(Nc2nccc(-c3ccc(OC4CCOCC4)cc3)n2)cc1OCC1COCCN1. The molecular weight excluding hydrogens is 451 g/mol. The molecule has 9 heteroatoms. The zero-order chi connectivity index (χ0) is 23.9. The van der Waals surface area contributed by atoms with Crippen molar-refractivity contribution in [1.29, 1.82) is 0 Å². The van der Waals surface area contributed by atoms with E-state index in [1.807, 2.05) is 30.3 Å². The number of anilines is 2. The van der Waals surface area contributed by atoms with Gasteiger partial charge in [0.15, 0.2) is 11.6 Å². The third-order valence-electron chi connectivity index (χ3n) is 5.90. The Labute approximate surface area is 203 Å². The number of hydrogen-bond acceptors (Lipinski definition) is 8. The molecule has 1 unspecified atom stereocenters. The van der Waals surface area contributed by atoms with Crippen LogP contribution in [0.25, 0.3) is 11.3 Å². The number of benzene rings is 2. The number of morpholine rings is 1. The van der Waals surface area contributed by atoms with E-state index in [1.165, 1.54) is 6.07 Å². The number of rotatable bonds is 8. The Morgan fingerprint density at radius 2 is 1.89 bits per heavy atom. The molecule has 1 aromatic heterocycles. The summed E-state index contributed by atoms with van der Waals surface area (Å²) in [6, 6.07) is 14.3. The molecule has 0 aliphatic carbocycles. The van der Waals surface area contributed by atoms with Gasteiger partial charge in [0, 0.05) is 42.9 Å². The van der Waals surface area contributed by atoms with Crippen LogP contribution in [0, 0.1) is 5.82 Å². The van der Waals surface area contributed by atoms with E-state index in [2.05, 4.69) is 20.6 Å². The lowest BCUT2D eigenvalue weighted by Gasteiger charge is -2.24. The summed E-state index contributed by atoms with van der Waals surface area (Å²) in [5.41, 5.74) is 2.34. The minimum Gasteiger partial charge on any atom is -0.490 e. The maximum atomic E-state index is 14.3. The van der Waals surface area contributed by atoms with Crippen molar-refractivity contribution in [3.8, 4) is 22.8 Å². The van der Waals surface area contributed by atoms with Crippen LogP contribution in [0.4, 0.5) is 16.0 Å². The Bertz CT molecular complexity index is 1100. The molecule has 2 fully saturated rings. The first-order chi connectivity index (χ1) is 17.2. The van der Waals surface area contributed by atoms with Gasteiger partial charge in [-0.3, -0.25) is 0 Å². The molecule has 3 aromatic rings. The molecule has 0 bridgehead atoms. The zero-order valence-electron chi connectivity index (χ0n) is 19.4. The molecule has 0 amide bonds. The molecule has 5 rings (SSSR count). The van der Waals surface area contributed by atoms with E-state index >= 15 is 0 Å². The second kappa shape index (κ2) is 11.4. The molecule has 2 N–H and O–H groups in total. The highest BCUT2D eigenvalue weighted by Gasteiger charge is 2.16. The van der Waals surface area contributed by atoms with E-state index in [0.29, 0.717) is 31.5 Å². The number of aromatic nitrogens is 2. The van der Waals surface area contributed by atoms with E-state index in [0.717, 1.165) is 49.6 Å². The number of hydrogen-bond donors (Lipinski definition) is 2. The van der Waals surface area contributed by atoms with Crippen molar-refractivity contribution in [2.75, 3.05) is 44.9 Å². The van der Waals surface area contributed by atoms with Crippen LogP contribution in [0.15, 0.2) is 54.7 Å². The molecule has 2 aliphatic heterocycles. The largest absolute Gasteiger partial charge is 0.490 e. The van der Waals surface area contributed by atoms with Gasteiger partial charge in [-0.05, 0) is 42.5 Å². The number of nitrogens with zero attached hydrogens (tertiary/aromatic N) is 2. The predicted molar refractivity (Wildman–Crippen MR) is 130 cm³/mol. The van der Waals surface area contributed by atoms with Crippen LogP contribution in [-0.4, -0.2) is 61.7 Å². The summed E-state index contributed by atoms with van der Waals surface area (Å²) in [6.45, 7) is 3.79. The van der Waals surface area contributed by atoms with Crippen LogP contribution < -0.4 is 20.1 Å². The van der Waals surface area contributed by atoms with Crippen LogP contribution in [0.1, 0.15) is 12.8 Å². The Hall–Kier alpha value is -3.27. The molecule has 35 heavy (non-hydrogen) atoms. The molecular formula is C26H29FN4O4. The van der Waals surface area contributed by atoms with Crippen molar-refractivity contribution < 1.29 is 23.3 Å². The fraction of sp³-hybridized carbons (Fsp3) is 0.385. The molecule has 0 saturated carbocycles. The van der Waals surface area contributed by atoms with E-state index < -0.39 is 5.82 Å². The van der Waals surface area contributed by atoms with Gasteiger partial charge in [-0.25, -0.2) is 14.4 Å². The third kappa shape index (κ3) is 6.45. The van der Waals surface area contributed by atoms with Crippen molar-refractivity contribution in [2.45, 2.75) is 25.0 Å². The van der Waals surface area contributed by atoms with Crippen LogP contribution in [-0.2, 0) is 9.47 Å². The number of halogens is 1. The van der Waals surface area contributed by atoms with Crippen LogP contribution in [0.5, 0.6) is 11.5 Å². The van der Waals surface area contributed by atoms with Crippen molar-refractivity contribution in [3.05, 3.63) is 60.5 Å². The van der Waals surface area contributed by atoms with Gasteiger partial charge in [-0.2, -0.15) is 0 Å². The van der Waals surface area contributed by atoms with Gasteiger partial charge in [0.1, 0.15) is 18.5 Å². The standard InChI is InChI=1S/C26H29FN4O4/c27-23-6-3-19(15-25(23)34-17-20-16-33-14-11-28-20)30-26-29-10-7-24(31-26)18-1-4-21(5-2-18)35-22-8-12-32-13-9-22/h1-7,10,15,20,22,28H,8-9,11-14,16-17H2,(H,29,30,31). The molecule has 3 heterocycles. The maximum absolute atomic E-state index is 14.3. The highest BCUT2D eigenvalue weighted by Crippen LogP contribution is 2.26. The fourth-order valence-corrected chi connectivity index (χ4v) is 4.01. The molecule has 184 valence electrons. The number of ether oxygens (including phenoxy) is 4. The Morgan fingerprint density at radius 1 is 1.03 bits per heavy atom. The summed E-state index contributed by atoms with van der Waals surface area (Å²) in [7, 11) is 0. The van der Waals surface area contributed by atoms with Crippen molar-refractivity contribution in [3.63, 3.8) is 0 Å². The topological polar surface area (TPSA) is 86.8 Å². The Morgan fingerprint density at radius 3 is 2.69 bits per heavy atom. The van der Waals surface area contributed by atoms with Gasteiger partial charge < -0.3 is 29.6 Å². The minimum atomic E-state index is -0.426. The highest BCUT2D eigenvalue weighted by atomic mass is 19.1. The average molecular weight is 481 g/mol. The smallest absolute Gasteiger partial charge is 0.227 e. The van der Waals surface area contributed by atoms with Gasteiger partial charge in [-0.15, -0.1) is 0 Å². The summed E-state index contributed by atoms with van der Waals surface area (Å²) in [5.74, 6) is 0.982. The van der Waals surface area contributed by atoms with Gasteiger partial charge in [0.2, 0.25) is 5.95 Å². The summed E-state index contributed by atoms with van der Waals surface area (Å²) in [5, 5.41) is 6.43. The average Bonchev–Trinajstić information content (AvgIpc) is 2.91. The molecule has 2 aliphatic rings. The normalized spacial score (nSPS) is 18.7. The highest BCUT2D eigenvalue weighted by molar-refractivity contribution is 5.63. The maximum Gasteiger partial charge on any atom is 0.227 e. The summed E-state index contributed by atoms with van der Waals surface area (Å²) in [4.78, 5) is 8.92. The lowest BCUT2D eigenvalue weighted by molar-refractivity contribution is 0.0256. The van der Waals surface area contributed by atoms with Gasteiger partial charge in [0.25, 0.3) is 0 Å². The molecule has 0 spiro atoms. The lowest BCUT2D eigenvalue weighted by Crippen LogP contribution is -2.44. The molecule has 0 radical (unpaired) electrons. The first-order valence-electron chi connectivity index (χ1n) is 11.9. The van der Waals surface area contributed by atoms with E-state index in [1.54, 1.807) is 18.3 Å². The summed E-state index contributed by atoms with van der Waals surface area (Å²) < 4.78 is 36.8. The van der Waals surface area contributed by atoms with E-state index in [9.17, 15) is 4.39 Å². The van der Waals surface area contributed by atoms with Crippen LogP contribution >= 0.6 is 0 Å². The van der Waals surface area contributed by atoms with Gasteiger partial charge in [0.05, 0.1) is 38.2 Å². The quantitative estimate of drug-likeness (QED) is 0.501. The van der Waals surface area contributed by atoms with E-state index in [4.69, 9.17) is 18.9 Å². The Balaban J connectivity index is 1.22. The lowest BCUT2D eigenvalue weighted by atomic mass is 10.1. The molecule has 2 saturated heterocycles. The first kappa shape index (κ1) is 23.5. The summed E-state index contributed by atoms with van der Waals surface area (Å²) in [6.07, 6.45) is 3.70. The second-order valence-electron chi connectivity index (χ2n) is 8.53. The second-order valence-corrected chi connectivity index (χ2v) is 8.53. The van der Waals surface area contributed by atoms with Gasteiger partial charge >= 0.3 is 0 Å².